The molecular formula is C12H13ClFN3. The molecule has 0 N–H and O–H groups in total. The number of amidine groups is 1. The van der Waals surface area contributed by atoms with Crippen LogP contribution in [0, 0.1) is 17.3 Å². The maximum Gasteiger partial charge on any atom is 0.207 e. The lowest BCUT2D eigenvalue weighted by Crippen LogP contribution is -2.27. The molecular weight excluding hydrogens is 241 g/mol. The molecule has 0 heterocycles. The van der Waals surface area contributed by atoms with Crippen LogP contribution in [-0.4, -0.2) is 17.8 Å². The van der Waals surface area contributed by atoms with Gasteiger partial charge in [0.25, 0.3) is 0 Å². The van der Waals surface area contributed by atoms with Crippen LogP contribution in [0.3, 0.4) is 0 Å². The lowest BCUT2D eigenvalue weighted by molar-refractivity contribution is 0.399. The summed E-state index contributed by atoms with van der Waals surface area (Å²) in [5, 5.41) is 8.58. The van der Waals surface area contributed by atoms with Gasteiger partial charge in [0.2, 0.25) is 6.19 Å². The molecule has 0 saturated heterocycles. The molecule has 3 nitrogen and oxygen atoms in total. The van der Waals surface area contributed by atoms with Gasteiger partial charge < -0.3 is 4.90 Å². The summed E-state index contributed by atoms with van der Waals surface area (Å²) in [6.07, 6.45) is 1.73. The van der Waals surface area contributed by atoms with E-state index in [-0.39, 0.29) is 11.1 Å². The second-order valence-corrected chi connectivity index (χ2v) is 4.13. The average Bonchev–Trinajstić information content (AvgIpc) is 2.31. The number of hydrogen-bond donors (Lipinski definition) is 0. The summed E-state index contributed by atoms with van der Waals surface area (Å²) >= 11 is 5.62. The van der Waals surface area contributed by atoms with Crippen molar-refractivity contribution in [3.8, 4) is 6.19 Å². The Bertz CT molecular complexity index is 479. The SMILES string of the molecule is CC(=NC#N)N(C)C(C)c1ccc(Cl)c(F)c1. The van der Waals surface area contributed by atoms with Crippen molar-refractivity contribution in [2.45, 2.75) is 19.9 Å². The van der Waals surface area contributed by atoms with Gasteiger partial charge in [0.05, 0.1) is 11.1 Å². The van der Waals surface area contributed by atoms with E-state index in [4.69, 9.17) is 16.9 Å². The van der Waals surface area contributed by atoms with Gasteiger partial charge >= 0.3 is 0 Å². The van der Waals surface area contributed by atoms with Gasteiger partial charge in [0.1, 0.15) is 11.7 Å². The normalized spacial score (nSPS) is 13.1. The number of benzene rings is 1. The van der Waals surface area contributed by atoms with Crippen LogP contribution in [0.5, 0.6) is 0 Å². The van der Waals surface area contributed by atoms with E-state index in [2.05, 4.69) is 4.99 Å². The molecule has 1 aromatic carbocycles. The Hall–Kier alpha value is -1.60. The van der Waals surface area contributed by atoms with Crippen molar-refractivity contribution in [2.24, 2.45) is 4.99 Å². The maximum absolute atomic E-state index is 13.3. The third-order valence-electron chi connectivity index (χ3n) is 2.73. The zero-order chi connectivity index (χ0) is 13.0. The molecule has 1 rings (SSSR count). The number of nitriles is 1. The molecule has 0 spiro atoms. The predicted octanol–water partition coefficient (Wildman–Crippen LogP) is 3.37. The summed E-state index contributed by atoms with van der Waals surface area (Å²) in [6, 6.07) is 4.58. The molecule has 0 saturated carbocycles. The molecule has 0 aliphatic carbocycles. The zero-order valence-corrected chi connectivity index (χ0v) is 10.7. The van der Waals surface area contributed by atoms with Crippen LogP contribution in [0.25, 0.3) is 0 Å². The zero-order valence-electron chi connectivity index (χ0n) is 9.91. The molecule has 90 valence electrons. The highest BCUT2D eigenvalue weighted by Gasteiger charge is 2.14. The minimum Gasteiger partial charge on any atom is -0.356 e. The third kappa shape index (κ3) is 3.18. The summed E-state index contributed by atoms with van der Waals surface area (Å²) in [5.41, 5.74) is 0.780. The van der Waals surface area contributed by atoms with Gasteiger partial charge in [-0.3, -0.25) is 0 Å². The van der Waals surface area contributed by atoms with Crippen molar-refractivity contribution < 1.29 is 4.39 Å². The van der Waals surface area contributed by atoms with Gasteiger partial charge in [-0.1, -0.05) is 17.7 Å². The van der Waals surface area contributed by atoms with Gasteiger partial charge in [-0.2, -0.15) is 10.3 Å². The predicted molar refractivity (Wildman–Crippen MR) is 66.3 cm³/mol. The molecule has 17 heavy (non-hydrogen) atoms. The van der Waals surface area contributed by atoms with Crippen LogP contribution in [0.2, 0.25) is 5.02 Å². The molecule has 1 unspecified atom stereocenters. The van der Waals surface area contributed by atoms with E-state index >= 15 is 0 Å². The average molecular weight is 254 g/mol. The largest absolute Gasteiger partial charge is 0.356 e. The van der Waals surface area contributed by atoms with Gasteiger partial charge in [-0.25, -0.2) is 4.39 Å². The van der Waals surface area contributed by atoms with Crippen LogP contribution >= 0.6 is 11.6 Å². The van der Waals surface area contributed by atoms with Gasteiger partial charge in [0.15, 0.2) is 0 Å². The summed E-state index contributed by atoms with van der Waals surface area (Å²) in [7, 11) is 1.80. The van der Waals surface area contributed by atoms with Crippen LogP contribution in [0.4, 0.5) is 4.39 Å². The Morgan fingerprint density at radius 1 is 1.59 bits per heavy atom. The first kappa shape index (κ1) is 13.5. The monoisotopic (exact) mass is 253 g/mol. The highest BCUT2D eigenvalue weighted by atomic mass is 35.5. The third-order valence-corrected chi connectivity index (χ3v) is 3.04. The fraction of sp³-hybridized carbons (Fsp3) is 0.333. The van der Waals surface area contributed by atoms with Crippen molar-refractivity contribution in [1.29, 1.82) is 5.26 Å². The second kappa shape index (κ2) is 5.65. The van der Waals surface area contributed by atoms with Crippen LogP contribution in [-0.2, 0) is 0 Å². The Morgan fingerprint density at radius 3 is 2.76 bits per heavy atom. The molecule has 0 aliphatic rings. The second-order valence-electron chi connectivity index (χ2n) is 3.72. The minimum atomic E-state index is -0.445. The van der Waals surface area contributed by atoms with Crippen molar-refractivity contribution in [3.63, 3.8) is 0 Å². The Labute approximate surface area is 105 Å². The first-order valence-corrected chi connectivity index (χ1v) is 5.46. The first-order chi connectivity index (χ1) is 7.97. The summed E-state index contributed by atoms with van der Waals surface area (Å²) in [5.74, 6) is 0.134. The van der Waals surface area contributed by atoms with Crippen LogP contribution in [0.1, 0.15) is 25.5 Å². The molecule has 5 heteroatoms. The molecule has 1 atom stereocenters. The minimum absolute atomic E-state index is 0.0844. The number of hydrogen-bond acceptors (Lipinski definition) is 2. The van der Waals surface area contributed by atoms with Crippen molar-refractivity contribution >= 4 is 17.4 Å². The van der Waals surface area contributed by atoms with E-state index in [1.54, 1.807) is 31.1 Å². The van der Waals surface area contributed by atoms with E-state index in [1.807, 2.05) is 6.92 Å². The van der Waals surface area contributed by atoms with Crippen LogP contribution < -0.4 is 0 Å². The quantitative estimate of drug-likeness (QED) is 0.461. The molecule has 0 amide bonds. The summed E-state index contributed by atoms with van der Waals surface area (Å²) in [4.78, 5) is 5.44. The molecule has 0 aromatic heterocycles. The van der Waals surface area contributed by atoms with E-state index in [0.717, 1.165) is 5.56 Å². The van der Waals surface area contributed by atoms with Crippen molar-refractivity contribution in [3.05, 3.63) is 34.6 Å². The standard InChI is InChI=1S/C12H13ClFN3/c1-8(17(3)9(2)16-7-15)10-4-5-11(13)12(14)6-10/h4-6,8H,1-3H3. The summed E-state index contributed by atoms with van der Waals surface area (Å²) < 4.78 is 13.3. The van der Waals surface area contributed by atoms with Crippen molar-refractivity contribution in [1.82, 2.24) is 4.90 Å². The van der Waals surface area contributed by atoms with E-state index in [9.17, 15) is 4.39 Å². The topological polar surface area (TPSA) is 39.4 Å². The van der Waals surface area contributed by atoms with E-state index in [0.29, 0.717) is 5.84 Å². The maximum atomic E-state index is 13.3. The van der Waals surface area contributed by atoms with E-state index < -0.39 is 5.82 Å². The molecule has 0 bridgehead atoms. The Kier molecular flexibility index (Phi) is 4.47. The van der Waals surface area contributed by atoms with Gasteiger partial charge in [-0.15, -0.1) is 0 Å². The van der Waals surface area contributed by atoms with Crippen LogP contribution in [0.15, 0.2) is 23.2 Å². The van der Waals surface area contributed by atoms with Crippen molar-refractivity contribution in [2.75, 3.05) is 7.05 Å². The van der Waals surface area contributed by atoms with Gasteiger partial charge in [-0.05, 0) is 31.5 Å². The Balaban J connectivity index is 2.97. The molecule has 0 fully saturated rings. The lowest BCUT2D eigenvalue weighted by atomic mass is 10.1. The van der Waals surface area contributed by atoms with E-state index in [1.165, 1.54) is 12.1 Å². The smallest absolute Gasteiger partial charge is 0.207 e. The number of aliphatic imine (C=N–C) groups is 1. The number of rotatable bonds is 2. The number of halogens is 2. The Morgan fingerprint density at radius 2 is 2.24 bits per heavy atom. The highest BCUT2D eigenvalue weighted by molar-refractivity contribution is 6.30. The van der Waals surface area contributed by atoms with Gasteiger partial charge in [0, 0.05) is 7.05 Å². The first-order valence-electron chi connectivity index (χ1n) is 5.08. The fourth-order valence-corrected chi connectivity index (χ4v) is 1.54. The fourth-order valence-electron chi connectivity index (χ4n) is 1.43. The molecule has 1 aromatic rings. The molecule has 0 radical (unpaired) electrons. The number of nitrogens with zero attached hydrogens (tertiary/aromatic N) is 3. The lowest BCUT2D eigenvalue weighted by Gasteiger charge is -2.26. The highest BCUT2D eigenvalue weighted by Crippen LogP contribution is 2.23. The summed E-state index contributed by atoms with van der Waals surface area (Å²) in [6.45, 7) is 3.63. The molecule has 0 aliphatic heterocycles.